The van der Waals surface area contributed by atoms with E-state index in [1.165, 1.54) is 10.4 Å². The largest absolute Gasteiger partial charge is 0.492 e. The molecule has 0 bridgehead atoms. The minimum atomic E-state index is -3.64. The molecule has 0 aromatic heterocycles. The predicted octanol–water partition coefficient (Wildman–Crippen LogP) is 1.40. The van der Waals surface area contributed by atoms with Crippen molar-refractivity contribution in [3.8, 4) is 5.75 Å². The molecule has 1 aliphatic heterocycles. The zero-order valence-corrected chi connectivity index (χ0v) is 14.9. The number of ether oxygens (including phenoxy) is 1. The molecule has 1 aliphatic rings. The van der Waals surface area contributed by atoms with Crippen LogP contribution in [-0.2, 0) is 14.8 Å². The van der Waals surface area contributed by atoms with Gasteiger partial charge in [-0.25, -0.2) is 8.42 Å². The summed E-state index contributed by atoms with van der Waals surface area (Å²) in [5.74, 6) is -0.296. The first-order valence-corrected chi connectivity index (χ1v) is 9.62. The molecule has 1 aromatic carbocycles. The zero-order valence-electron chi connectivity index (χ0n) is 14.1. The van der Waals surface area contributed by atoms with Crippen LogP contribution in [0.1, 0.15) is 26.7 Å². The van der Waals surface area contributed by atoms with Crippen LogP contribution in [0.4, 0.5) is 5.69 Å². The van der Waals surface area contributed by atoms with E-state index in [0.717, 1.165) is 12.8 Å². The van der Waals surface area contributed by atoms with Gasteiger partial charge in [0, 0.05) is 31.2 Å². The smallest absolute Gasteiger partial charge is 0.246 e. The summed E-state index contributed by atoms with van der Waals surface area (Å²) in [6.07, 6.45) is 1.71. The van der Waals surface area contributed by atoms with Gasteiger partial charge in [0.15, 0.2) is 0 Å². The number of amides is 1. The molecule has 2 rings (SSSR count). The maximum Gasteiger partial charge on any atom is 0.246 e. The van der Waals surface area contributed by atoms with Gasteiger partial charge in [-0.1, -0.05) is 6.92 Å². The standard InChI is InChI=1S/C16H25N3O4S/c1-3-23-14-7-6-13(18-16(20)12(2)11-17)10-15(14)24(21,22)19-8-4-5-9-19/h6-7,10,12H,3-5,8-9,11,17H2,1-2H3,(H,18,20). The van der Waals surface area contributed by atoms with Gasteiger partial charge in [0.05, 0.1) is 6.61 Å². The van der Waals surface area contributed by atoms with Crippen molar-refractivity contribution in [2.24, 2.45) is 11.7 Å². The van der Waals surface area contributed by atoms with Crippen LogP contribution in [0.2, 0.25) is 0 Å². The minimum absolute atomic E-state index is 0.0875. The van der Waals surface area contributed by atoms with E-state index < -0.39 is 10.0 Å². The van der Waals surface area contributed by atoms with Gasteiger partial charge in [-0.3, -0.25) is 4.79 Å². The van der Waals surface area contributed by atoms with Crippen molar-refractivity contribution in [3.05, 3.63) is 18.2 Å². The highest BCUT2D eigenvalue weighted by Crippen LogP contribution is 2.31. The number of carbonyl (C=O) groups is 1. The lowest BCUT2D eigenvalue weighted by molar-refractivity contribution is -0.119. The van der Waals surface area contributed by atoms with Crippen molar-refractivity contribution in [2.45, 2.75) is 31.6 Å². The number of nitrogens with two attached hydrogens (primary N) is 1. The molecule has 24 heavy (non-hydrogen) atoms. The van der Waals surface area contributed by atoms with Gasteiger partial charge >= 0.3 is 0 Å². The topological polar surface area (TPSA) is 102 Å². The van der Waals surface area contributed by atoms with Crippen LogP contribution in [0.25, 0.3) is 0 Å². The monoisotopic (exact) mass is 355 g/mol. The lowest BCUT2D eigenvalue weighted by Crippen LogP contribution is -2.29. The van der Waals surface area contributed by atoms with Crippen molar-refractivity contribution >= 4 is 21.6 Å². The van der Waals surface area contributed by atoms with E-state index in [2.05, 4.69) is 5.32 Å². The Morgan fingerprint density at radius 3 is 2.62 bits per heavy atom. The summed E-state index contributed by atoms with van der Waals surface area (Å²) in [7, 11) is -3.64. The third kappa shape index (κ3) is 4.06. The van der Waals surface area contributed by atoms with Crippen molar-refractivity contribution in [2.75, 3.05) is 31.6 Å². The average Bonchev–Trinajstić information content (AvgIpc) is 3.10. The van der Waals surface area contributed by atoms with E-state index in [1.54, 1.807) is 26.0 Å². The molecule has 0 saturated carbocycles. The lowest BCUT2D eigenvalue weighted by Gasteiger charge is -2.19. The molecule has 0 spiro atoms. The second-order valence-corrected chi connectivity index (χ2v) is 7.74. The van der Waals surface area contributed by atoms with Crippen molar-refractivity contribution in [1.29, 1.82) is 0 Å². The number of anilines is 1. The molecule has 1 atom stereocenters. The van der Waals surface area contributed by atoms with Gasteiger partial charge in [0.25, 0.3) is 0 Å². The third-order valence-electron chi connectivity index (χ3n) is 4.00. The minimum Gasteiger partial charge on any atom is -0.492 e. The first-order valence-electron chi connectivity index (χ1n) is 8.18. The highest BCUT2D eigenvalue weighted by molar-refractivity contribution is 7.89. The van der Waals surface area contributed by atoms with E-state index >= 15 is 0 Å². The number of nitrogens with one attached hydrogen (secondary N) is 1. The Kier molecular flexibility index (Phi) is 6.20. The van der Waals surface area contributed by atoms with E-state index in [9.17, 15) is 13.2 Å². The molecule has 7 nitrogen and oxygen atoms in total. The molecular formula is C16H25N3O4S. The summed E-state index contributed by atoms with van der Waals surface area (Å²) in [4.78, 5) is 12.1. The van der Waals surface area contributed by atoms with Gasteiger partial charge in [-0.05, 0) is 38.0 Å². The number of hydrogen-bond donors (Lipinski definition) is 2. The van der Waals surface area contributed by atoms with Gasteiger partial charge in [0.2, 0.25) is 15.9 Å². The summed E-state index contributed by atoms with van der Waals surface area (Å²) in [5.41, 5.74) is 5.91. The van der Waals surface area contributed by atoms with Crippen LogP contribution in [0.5, 0.6) is 5.75 Å². The fraction of sp³-hybridized carbons (Fsp3) is 0.562. The molecule has 0 aliphatic carbocycles. The summed E-state index contributed by atoms with van der Waals surface area (Å²) < 4.78 is 32.7. The Hall–Kier alpha value is -1.64. The summed E-state index contributed by atoms with van der Waals surface area (Å²) in [6, 6.07) is 4.67. The van der Waals surface area contributed by atoms with E-state index in [4.69, 9.17) is 10.5 Å². The maximum absolute atomic E-state index is 12.9. The SMILES string of the molecule is CCOc1ccc(NC(=O)C(C)CN)cc1S(=O)(=O)N1CCCC1. The van der Waals surface area contributed by atoms with Crippen LogP contribution in [-0.4, -0.2) is 44.9 Å². The van der Waals surface area contributed by atoms with Crippen molar-refractivity contribution in [1.82, 2.24) is 4.31 Å². The van der Waals surface area contributed by atoms with Crippen molar-refractivity contribution in [3.63, 3.8) is 0 Å². The highest BCUT2D eigenvalue weighted by Gasteiger charge is 2.30. The third-order valence-corrected chi connectivity index (χ3v) is 5.91. The molecule has 1 fully saturated rings. The van der Waals surface area contributed by atoms with Gasteiger partial charge in [-0.2, -0.15) is 4.31 Å². The average molecular weight is 355 g/mol. The van der Waals surface area contributed by atoms with Gasteiger partial charge in [-0.15, -0.1) is 0 Å². The maximum atomic E-state index is 12.9. The number of nitrogens with zero attached hydrogens (tertiary/aromatic N) is 1. The molecule has 8 heteroatoms. The number of hydrogen-bond acceptors (Lipinski definition) is 5. The van der Waals surface area contributed by atoms with Crippen LogP contribution < -0.4 is 15.8 Å². The van der Waals surface area contributed by atoms with Crippen LogP contribution in [0, 0.1) is 5.92 Å². The van der Waals surface area contributed by atoms with Gasteiger partial charge in [0.1, 0.15) is 10.6 Å². The Morgan fingerprint density at radius 2 is 2.04 bits per heavy atom. The van der Waals surface area contributed by atoms with Crippen LogP contribution in [0.3, 0.4) is 0 Å². The normalized spacial score (nSPS) is 16.8. The summed E-state index contributed by atoms with van der Waals surface area (Å²) in [5, 5.41) is 2.71. The quantitative estimate of drug-likeness (QED) is 0.770. The molecule has 3 N–H and O–H groups in total. The molecule has 1 saturated heterocycles. The number of carbonyl (C=O) groups excluding carboxylic acids is 1. The van der Waals surface area contributed by atoms with Crippen molar-refractivity contribution < 1.29 is 17.9 Å². The first kappa shape index (κ1) is 18.7. The van der Waals surface area contributed by atoms with E-state index in [0.29, 0.717) is 31.1 Å². The number of rotatable bonds is 7. The molecular weight excluding hydrogens is 330 g/mol. The Morgan fingerprint density at radius 1 is 1.38 bits per heavy atom. The second kappa shape index (κ2) is 7.96. The molecule has 1 amide bonds. The fourth-order valence-corrected chi connectivity index (χ4v) is 4.18. The number of benzene rings is 1. The van der Waals surface area contributed by atoms with Crippen LogP contribution >= 0.6 is 0 Å². The first-order chi connectivity index (χ1) is 11.4. The Balaban J connectivity index is 2.36. The molecule has 1 aromatic rings. The summed E-state index contributed by atoms with van der Waals surface area (Å²) >= 11 is 0. The molecule has 134 valence electrons. The van der Waals surface area contributed by atoms with Gasteiger partial charge < -0.3 is 15.8 Å². The molecule has 1 heterocycles. The molecule has 0 radical (unpaired) electrons. The predicted molar refractivity (Wildman–Crippen MR) is 92.5 cm³/mol. The Labute approximate surface area is 143 Å². The lowest BCUT2D eigenvalue weighted by atomic mass is 10.1. The summed E-state index contributed by atoms with van der Waals surface area (Å²) in [6.45, 7) is 5.11. The van der Waals surface area contributed by atoms with E-state index in [1.807, 2.05) is 0 Å². The highest BCUT2D eigenvalue weighted by atomic mass is 32.2. The fourth-order valence-electron chi connectivity index (χ4n) is 2.50. The van der Waals surface area contributed by atoms with E-state index in [-0.39, 0.29) is 23.3 Å². The number of sulfonamides is 1. The van der Waals surface area contributed by atoms with Crippen LogP contribution in [0.15, 0.2) is 23.1 Å². The molecule has 1 unspecified atom stereocenters. The zero-order chi connectivity index (χ0) is 17.7. The Bertz CT molecular complexity index is 685. The second-order valence-electron chi connectivity index (χ2n) is 5.83.